The Kier molecular flexibility index (Phi) is 3.12. The van der Waals surface area contributed by atoms with Crippen molar-refractivity contribution in [1.82, 2.24) is 4.90 Å². The average Bonchev–Trinajstić information content (AvgIpc) is 2.55. The summed E-state index contributed by atoms with van der Waals surface area (Å²) in [5.74, 6) is 2.43. The van der Waals surface area contributed by atoms with Crippen molar-refractivity contribution in [2.75, 3.05) is 20.2 Å². The van der Waals surface area contributed by atoms with Gasteiger partial charge in [-0.2, -0.15) is 0 Å². The van der Waals surface area contributed by atoms with Gasteiger partial charge in [0, 0.05) is 13.7 Å². The number of hydrogen-bond donors (Lipinski definition) is 0. The lowest BCUT2D eigenvalue weighted by Gasteiger charge is -2.17. The zero-order valence-electron chi connectivity index (χ0n) is 7.25. The second-order valence-corrected chi connectivity index (χ2v) is 2.90. The minimum atomic E-state index is -0.247. The predicted octanol–water partition coefficient (Wildman–Crippen LogP) is 0.257. The Labute approximate surface area is 72.7 Å². The molecule has 12 heavy (non-hydrogen) atoms. The van der Waals surface area contributed by atoms with Crippen molar-refractivity contribution in [1.29, 1.82) is 0 Å². The van der Waals surface area contributed by atoms with E-state index in [0.29, 0.717) is 13.2 Å². The van der Waals surface area contributed by atoms with E-state index in [0.717, 1.165) is 12.8 Å². The van der Waals surface area contributed by atoms with Crippen molar-refractivity contribution in [3.8, 4) is 12.3 Å². The highest BCUT2D eigenvalue weighted by atomic mass is 16.5. The van der Waals surface area contributed by atoms with Crippen LogP contribution in [0.4, 0.5) is 0 Å². The topological polar surface area (TPSA) is 29.5 Å². The van der Waals surface area contributed by atoms with E-state index in [9.17, 15) is 4.79 Å². The number of carbonyl (C=O) groups excluding carboxylic acids is 1. The molecule has 0 saturated carbocycles. The summed E-state index contributed by atoms with van der Waals surface area (Å²) in [6, 6.07) is 0. The van der Waals surface area contributed by atoms with Gasteiger partial charge >= 0.3 is 0 Å². The summed E-state index contributed by atoms with van der Waals surface area (Å²) in [5, 5.41) is 0. The third-order valence-electron chi connectivity index (χ3n) is 1.91. The molecule has 66 valence electrons. The Morgan fingerprint density at radius 3 is 3.08 bits per heavy atom. The average molecular weight is 167 g/mol. The molecule has 1 saturated heterocycles. The molecular weight excluding hydrogens is 154 g/mol. The predicted molar refractivity (Wildman–Crippen MR) is 45.4 cm³/mol. The van der Waals surface area contributed by atoms with Crippen molar-refractivity contribution in [2.24, 2.45) is 0 Å². The normalized spacial score (nSPS) is 21.8. The molecular formula is C9H13NO2. The summed E-state index contributed by atoms with van der Waals surface area (Å²) in [6.45, 7) is 1.05. The lowest BCUT2D eigenvalue weighted by Crippen LogP contribution is -2.36. The summed E-state index contributed by atoms with van der Waals surface area (Å²) in [6.07, 6.45) is 6.63. The Balaban J connectivity index is 2.41. The highest BCUT2D eigenvalue weighted by molar-refractivity contribution is 5.81. The molecule has 3 nitrogen and oxygen atoms in total. The number of likely N-dealkylation sites (N-methyl/N-ethyl adjacent to an activating group) is 1. The Morgan fingerprint density at radius 2 is 2.58 bits per heavy atom. The zero-order valence-corrected chi connectivity index (χ0v) is 7.25. The van der Waals surface area contributed by atoms with Crippen LogP contribution < -0.4 is 0 Å². The number of rotatable bonds is 2. The molecule has 1 heterocycles. The van der Waals surface area contributed by atoms with Gasteiger partial charge in [0.05, 0.1) is 6.54 Å². The van der Waals surface area contributed by atoms with Crippen LogP contribution in [0, 0.1) is 12.3 Å². The number of terminal acetylenes is 1. The highest BCUT2D eigenvalue weighted by Gasteiger charge is 2.25. The zero-order chi connectivity index (χ0) is 8.97. The third-order valence-corrected chi connectivity index (χ3v) is 1.91. The number of amides is 1. The summed E-state index contributed by atoms with van der Waals surface area (Å²) in [5.41, 5.74) is 0. The number of nitrogens with zero attached hydrogens (tertiary/aromatic N) is 1. The van der Waals surface area contributed by atoms with Gasteiger partial charge < -0.3 is 9.64 Å². The van der Waals surface area contributed by atoms with Crippen molar-refractivity contribution in [3.05, 3.63) is 0 Å². The van der Waals surface area contributed by atoms with Crippen LogP contribution in [0.5, 0.6) is 0 Å². The maximum absolute atomic E-state index is 11.4. The standard InChI is InChI=1S/C9H13NO2/c1-3-6-10(2)9(11)8-5-4-7-12-8/h1,8H,4-7H2,2H3/t8-/m0/s1. The maximum Gasteiger partial charge on any atom is 0.252 e. The van der Waals surface area contributed by atoms with E-state index in [1.165, 1.54) is 4.90 Å². The number of ether oxygens (including phenoxy) is 1. The van der Waals surface area contributed by atoms with Gasteiger partial charge in [-0.15, -0.1) is 6.42 Å². The first-order valence-electron chi connectivity index (χ1n) is 4.05. The molecule has 0 aromatic rings. The summed E-state index contributed by atoms with van der Waals surface area (Å²) >= 11 is 0. The first-order chi connectivity index (χ1) is 5.75. The molecule has 3 heteroatoms. The van der Waals surface area contributed by atoms with Crippen LogP contribution in [0.3, 0.4) is 0 Å². The van der Waals surface area contributed by atoms with Gasteiger partial charge in [-0.1, -0.05) is 5.92 Å². The van der Waals surface area contributed by atoms with Crippen molar-refractivity contribution in [2.45, 2.75) is 18.9 Å². The number of hydrogen-bond acceptors (Lipinski definition) is 2. The van der Waals surface area contributed by atoms with Gasteiger partial charge in [0.2, 0.25) is 0 Å². The summed E-state index contributed by atoms with van der Waals surface area (Å²) < 4.78 is 5.22. The molecule has 1 rings (SSSR count). The molecule has 0 spiro atoms. The molecule has 0 radical (unpaired) electrons. The maximum atomic E-state index is 11.4. The Morgan fingerprint density at radius 1 is 1.83 bits per heavy atom. The quantitative estimate of drug-likeness (QED) is 0.552. The van der Waals surface area contributed by atoms with Crippen molar-refractivity contribution < 1.29 is 9.53 Å². The molecule has 1 atom stereocenters. The highest BCUT2D eigenvalue weighted by Crippen LogP contribution is 2.13. The minimum absolute atomic E-state index is 0.00505. The van der Waals surface area contributed by atoms with E-state index < -0.39 is 0 Å². The fraction of sp³-hybridized carbons (Fsp3) is 0.667. The van der Waals surface area contributed by atoms with Gasteiger partial charge in [0.25, 0.3) is 5.91 Å². The molecule has 1 fully saturated rings. The van der Waals surface area contributed by atoms with Crippen LogP contribution in [-0.4, -0.2) is 37.1 Å². The lowest BCUT2D eigenvalue weighted by atomic mass is 10.2. The summed E-state index contributed by atoms with van der Waals surface area (Å²) in [4.78, 5) is 13.0. The first kappa shape index (κ1) is 9.08. The van der Waals surface area contributed by atoms with Crippen LogP contribution in [0.25, 0.3) is 0 Å². The summed E-state index contributed by atoms with van der Waals surface area (Å²) in [7, 11) is 1.70. The molecule has 1 amide bonds. The number of carbonyl (C=O) groups is 1. The van der Waals surface area contributed by atoms with Crippen LogP contribution in [-0.2, 0) is 9.53 Å². The monoisotopic (exact) mass is 167 g/mol. The van der Waals surface area contributed by atoms with Crippen LogP contribution >= 0.6 is 0 Å². The van der Waals surface area contributed by atoms with Gasteiger partial charge in [-0.3, -0.25) is 4.79 Å². The van der Waals surface area contributed by atoms with E-state index in [1.807, 2.05) is 0 Å². The van der Waals surface area contributed by atoms with Crippen LogP contribution in [0.2, 0.25) is 0 Å². The Bertz CT molecular complexity index is 201. The van der Waals surface area contributed by atoms with Crippen molar-refractivity contribution >= 4 is 5.91 Å². The molecule has 0 N–H and O–H groups in total. The smallest absolute Gasteiger partial charge is 0.252 e. The second kappa shape index (κ2) is 4.13. The van der Waals surface area contributed by atoms with E-state index in [4.69, 9.17) is 11.2 Å². The van der Waals surface area contributed by atoms with Crippen LogP contribution in [0.15, 0.2) is 0 Å². The molecule has 0 unspecified atom stereocenters. The molecule has 0 aliphatic carbocycles. The van der Waals surface area contributed by atoms with E-state index >= 15 is 0 Å². The third kappa shape index (κ3) is 1.99. The largest absolute Gasteiger partial charge is 0.368 e. The van der Waals surface area contributed by atoms with Gasteiger partial charge in [0.15, 0.2) is 0 Å². The van der Waals surface area contributed by atoms with E-state index in [1.54, 1.807) is 7.05 Å². The second-order valence-electron chi connectivity index (χ2n) is 2.90. The molecule has 0 aromatic heterocycles. The van der Waals surface area contributed by atoms with Crippen molar-refractivity contribution in [3.63, 3.8) is 0 Å². The van der Waals surface area contributed by atoms with Gasteiger partial charge in [-0.25, -0.2) is 0 Å². The Hall–Kier alpha value is -1.01. The lowest BCUT2D eigenvalue weighted by molar-refractivity contribution is -0.138. The van der Waals surface area contributed by atoms with Crippen LogP contribution in [0.1, 0.15) is 12.8 Å². The minimum Gasteiger partial charge on any atom is -0.368 e. The fourth-order valence-electron chi connectivity index (χ4n) is 1.23. The van der Waals surface area contributed by atoms with E-state index in [2.05, 4.69) is 5.92 Å². The van der Waals surface area contributed by atoms with Gasteiger partial charge in [-0.05, 0) is 12.8 Å². The molecule has 0 bridgehead atoms. The molecule has 0 aromatic carbocycles. The molecule has 1 aliphatic rings. The van der Waals surface area contributed by atoms with E-state index in [-0.39, 0.29) is 12.0 Å². The fourth-order valence-corrected chi connectivity index (χ4v) is 1.23. The molecule has 1 aliphatic heterocycles. The SMILES string of the molecule is C#CCN(C)C(=O)[C@@H]1CCCO1. The first-order valence-corrected chi connectivity index (χ1v) is 4.05. The van der Waals surface area contributed by atoms with Gasteiger partial charge in [0.1, 0.15) is 6.10 Å².